The minimum Gasteiger partial charge on any atom is -0.508 e. The number of hydrogen-bond acceptors (Lipinski definition) is 3. The summed E-state index contributed by atoms with van der Waals surface area (Å²) in [5.74, 6) is 0.269. The van der Waals surface area contributed by atoms with Gasteiger partial charge in [-0.3, -0.25) is 14.5 Å². The Bertz CT molecular complexity index is 557. The van der Waals surface area contributed by atoms with E-state index in [1.807, 2.05) is 0 Å². The summed E-state index contributed by atoms with van der Waals surface area (Å²) in [5, 5.41) is 9.56. The van der Waals surface area contributed by atoms with E-state index >= 15 is 0 Å². The molecule has 4 heteroatoms. The molecule has 1 N–H and O–H groups in total. The number of hydrogen-bond donors (Lipinski definition) is 1. The molecule has 0 radical (unpaired) electrons. The maximum Gasteiger partial charge on any atom is 0.237 e. The average Bonchev–Trinajstić information content (AvgIpc) is 2.94. The van der Waals surface area contributed by atoms with Crippen LogP contribution in [-0.4, -0.2) is 16.9 Å². The molecule has 1 aromatic carbocycles. The molecule has 1 aromatic rings. The zero-order valence-electron chi connectivity index (χ0n) is 11.8. The van der Waals surface area contributed by atoms with Crippen molar-refractivity contribution in [1.29, 1.82) is 0 Å². The van der Waals surface area contributed by atoms with Crippen molar-refractivity contribution in [2.75, 3.05) is 4.90 Å². The maximum absolute atomic E-state index is 12.5. The van der Waals surface area contributed by atoms with Crippen molar-refractivity contribution in [2.24, 2.45) is 17.8 Å². The lowest BCUT2D eigenvalue weighted by molar-refractivity contribution is -0.123. The van der Waals surface area contributed by atoms with Crippen LogP contribution in [0.15, 0.2) is 18.2 Å². The first-order valence-corrected chi connectivity index (χ1v) is 7.20. The minimum absolute atomic E-state index is 0.0685. The van der Waals surface area contributed by atoms with E-state index in [9.17, 15) is 14.7 Å². The highest BCUT2D eigenvalue weighted by atomic mass is 16.3. The second-order valence-electron chi connectivity index (χ2n) is 5.94. The van der Waals surface area contributed by atoms with Gasteiger partial charge >= 0.3 is 0 Å². The molecule has 1 saturated carbocycles. The van der Waals surface area contributed by atoms with Crippen LogP contribution in [0.3, 0.4) is 0 Å². The standard InChI is InChI=1S/C16H19NO3/c1-3-10-7-12-13(8-10)16(20)17(15(12)19)11-4-5-14(18)9(2)6-11/h4-6,10,12-13,18H,3,7-8H2,1-2H3. The summed E-state index contributed by atoms with van der Waals surface area (Å²) in [4.78, 5) is 26.3. The number of aryl methyl sites for hydroxylation is 1. The largest absolute Gasteiger partial charge is 0.508 e. The summed E-state index contributed by atoms with van der Waals surface area (Å²) >= 11 is 0. The second kappa shape index (κ2) is 4.62. The van der Waals surface area contributed by atoms with E-state index < -0.39 is 0 Å². The number of fused-ring (bicyclic) bond motifs is 1. The molecule has 2 atom stereocenters. The smallest absolute Gasteiger partial charge is 0.237 e. The van der Waals surface area contributed by atoms with Crippen LogP contribution >= 0.6 is 0 Å². The molecule has 1 saturated heterocycles. The lowest BCUT2D eigenvalue weighted by Gasteiger charge is -2.18. The Balaban J connectivity index is 1.91. The summed E-state index contributed by atoms with van der Waals surface area (Å²) in [7, 11) is 0. The van der Waals surface area contributed by atoms with E-state index in [-0.39, 0.29) is 29.4 Å². The Labute approximate surface area is 118 Å². The van der Waals surface area contributed by atoms with Gasteiger partial charge in [-0.2, -0.15) is 0 Å². The zero-order valence-corrected chi connectivity index (χ0v) is 11.8. The molecule has 1 aliphatic carbocycles. The molecule has 0 bridgehead atoms. The van der Waals surface area contributed by atoms with Crippen LogP contribution in [0.25, 0.3) is 0 Å². The molecule has 0 aromatic heterocycles. The monoisotopic (exact) mass is 273 g/mol. The van der Waals surface area contributed by atoms with E-state index in [2.05, 4.69) is 6.92 Å². The summed E-state index contributed by atoms with van der Waals surface area (Å²) in [5.41, 5.74) is 1.25. The van der Waals surface area contributed by atoms with Crippen LogP contribution in [0.5, 0.6) is 5.75 Å². The van der Waals surface area contributed by atoms with Crippen molar-refractivity contribution < 1.29 is 14.7 Å². The number of phenols is 1. The molecule has 0 spiro atoms. The quantitative estimate of drug-likeness (QED) is 0.843. The summed E-state index contributed by atoms with van der Waals surface area (Å²) < 4.78 is 0. The van der Waals surface area contributed by atoms with Crippen LogP contribution in [-0.2, 0) is 9.59 Å². The van der Waals surface area contributed by atoms with Crippen LogP contribution in [0, 0.1) is 24.7 Å². The van der Waals surface area contributed by atoms with E-state index in [0.29, 0.717) is 17.2 Å². The molecule has 1 aliphatic heterocycles. The highest BCUT2D eigenvalue weighted by molar-refractivity contribution is 6.22. The minimum atomic E-state index is -0.137. The predicted molar refractivity (Wildman–Crippen MR) is 75.3 cm³/mol. The normalized spacial score (nSPS) is 29.1. The van der Waals surface area contributed by atoms with Crippen molar-refractivity contribution in [2.45, 2.75) is 33.1 Å². The Hall–Kier alpha value is -1.84. The fourth-order valence-electron chi connectivity index (χ4n) is 3.50. The number of amides is 2. The Morgan fingerprint density at radius 2 is 1.80 bits per heavy atom. The van der Waals surface area contributed by atoms with Gasteiger partial charge in [-0.15, -0.1) is 0 Å². The molecular formula is C16H19NO3. The lowest BCUT2D eigenvalue weighted by Crippen LogP contribution is -2.32. The maximum atomic E-state index is 12.5. The van der Waals surface area contributed by atoms with Crippen molar-refractivity contribution >= 4 is 17.5 Å². The van der Waals surface area contributed by atoms with Crippen LogP contribution in [0.4, 0.5) is 5.69 Å². The Kier molecular flexibility index (Phi) is 3.04. The zero-order chi connectivity index (χ0) is 14.4. The van der Waals surface area contributed by atoms with Gasteiger partial charge in [0.2, 0.25) is 11.8 Å². The molecular weight excluding hydrogens is 254 g/mol. The van der Waals surface area contributed by atoms with Gasteiger partial charge in [0.05, 0.1) is 17.5 Å². The van der Waals surface area contributed by atoms with E-state index in [4.69, 9.17) is 0 Å². The number of anilines is 1. The Morgan fingerprint density at radius 3 is 2.30 bits per heavy atom. The first-order chi connectivity index (χ1) is 9.52. The predicted octanol–water partition coefficient (Wildman–Crippen LogP) is 2.63. The van der Waals surface area contributed by atoms with Gasteiger partial charge < -0.3 is 5.11 Å². The summed E-state index contributed by atoms with van der Waals surface area (Å²) in [6.07, 6.45) is 2.70. The first kappa shape index (κ1) is 13.2. The molecule has 2 aliphatic rings. The number of aromatic hydroxyl groups is 1. The van der Waals surface area contributed by atoms with Crippen LogP contribution in [0.1, 0.15) is 31.7 Å². The molecule has 2 fully saturated rings. The first-order valence-electron chi connectivity index (χ1n) is 7.20. The number of benzene rings is 1. The van der Waals surface area contributed by atoms with Gasteiger partial charge in [0.1, 0.15) is 5.75 Å². The third-order valence-electron chi connectivity index (χ3n) is 4.75. The highest BCUT2D eigenvalue weighted by Crippen LogP contribution is 2.45. The number of imide groups is 1. The summed E-state index contributed by atoms with van der Waals surface area (Å²) in [6, 6.07) is 4.87. The van der Waals surface area contributed by atoms with Crippen LogP contribution in [0.2, 0.25) is 0 Å². The third kappa shape index (κ3) is 1.82. The molecule has 4 nitrogen and oxygen atoms in total. The topological polar surface area (TPSA) is 57.6 Å². The number of carbonyl (C=O) groups excluding carboxylic acids is 2. The fraction of sp³-hybridized carbons (Fsp3) is 0.500. The van der Waals surface area contributed by atoms with Gasteiger partial charge in [0, 0.05) is 0 Å². The van der Waals surface area contributed by atoms with E-state index in [1.165, 1.54) is 11.0 Å². The van der Waals surface area contributed by atoms with Crippen LogP contribution < -0.4 is 4.90 Å². The molecule has 3 rings (SSSR count). The number of carbonyl (C=O) groups is 2. The van der Waals surface area contributed by atoms with Gasteiger partial charge in [-0.25, -0.2) is 0 Å². The number of nitrogens with zero attached hydrogens (tertiary/aromatic N) is 1. The van der Waals surface area contributed by atoms with Crippen molar-refractivity contribution in [3.8, 4) is 5.75 Å². The highest BCUT2D eigenvalue weighted by Gasteiger charge is 2.52. The molecule has 20 heavy (non-hydrogen) atoms. The van der Waals surface area contributed by atoms with Crippen molar-refractivity contribution in [3.05, 3.63) is 23.8 Å². The SMILES string of the molecule is CCC1CC2C(=O)N(c3ccc(O)c(C)c3)C(=O)C2C1. The van der Waals surface area contributed by atoms with E-state index in [0.717, 1.165) is 19.3 Å². The Morgan fingerprint density at radius 1 is 1.20 bits per heavy atom. The van der Waals surface area contributed by atoms with Gasteiger partial charge in [-0.05, 0) is 49.4 Å². The van der Waals surface area contributed by atoms with Crippen molar-refractivity contribution in [1.82, 2.24) is 0 Å². The molecule has 2 unspecified atom stereocenters. The second-order valence-corrected chi connectivity index (χ2v) is 5.94. The van der Waals surface area contributed by atoms with Gasteiger partial charge in [-0.1, -0.05) is 13.3 Å². The average molecular weight is 273 g/mol. The summed E-state index contributed by atoms with van der Waals surface area (Å²) in [6.45, 7) is 3.87. The third-order valence-corrected chi connectivity index (χ3v) is 4.75. The number of rotatable bonds is 2. The van der Waals surface area contributed by atoms with Gasteiger partial charge in [0.15, 0.2) is 0 Å². The lowest BCUT2D eigenvalue weighted by atomic mass is 10.00. The molecule has 1 heterocycles. The number of phenolic OH excluding ortho intramolecular Hbond substituents is 1. The fourth-order valence-corrected chi connectivity index (χ4v) is 3.50. The molecule has 2 amide bonds. The molecule has 106 valence electrons. The van der Waals surface area contributed by atoms with Gasteiger partial charge in [0.25, 0.3) is 0 Å². The van der Waals surface area contributed by atoms with Crippen molar-refractivity contribution in [3.63, 3.8) is 0 Å². The van der Waals surface area contributed by atoms with E-state index in [1.54, 1.807) is 19.1 Å².